The molecule has 0 fully saturated rings. The number of carbonyl (C=O) groups excluding carboxylic acids is 2. The van der Waals surface area contributed by atoms with E-state index in [1.807, 2.05) is 38.1 Å². The van der Waals surface area contributed by atoms with Gasteiger partial charge in [0.25, 0.3) is 5.91 Å². The zero-order valence-electron chi connectivity index (χ0n) is 13.7. The number of hydrogen-bond donors (Lipinski definition) is 2. The number of benzene rings is 1. The molecule has 128 valence electrons. The number of primary amides is 1. The van der Waals surface area contributed by atoms with Crippen LogP contribution in [-0.2, 0) is 11.2 Å². The molecule has 1 heterocycles. The van der Waals surface area contributed by atoms with Gasteiger partial charge < -0.3 is 15.8 Å². The lowest BCUT2D eigenvalue weighted by Gasteiger charge is -2.14. The lowest BCUT2D eigenvalue weighted by Crippen LogP contribution is -2.37. The van der Waals surface area contributed by atoms with Gasteiger partial charge in [-0.25, -0.2) is 4.98 Å². The molecule has 0 aliphatic heterocycles. The summed E-state index contributed by atoms with van der Waals surface area (Å²) < 4.78 is 5.39. The molecule has 0 radical (unpaired) electrons. The number of amides is 2. The van der Waals surface area contributed by atoms with Gasteiger partial charge in [-0.15, -0.1) is 11.3 Å². The Labute approximate surface area is 145 Å². The molecule has 0 saturated heterocycles. The molecule has 6 nitrogen and oxygen atoms in total. The highest BCUT2D eigenvalue weighted by molar-refractivity contribution is 7.09. The first-order valence-electron chi connectivity index (χ1n) is 7.71. The fraction of sp³-hybridized carbons (Fsp3) is 0.353. The van der Waals surface area contributed by atoms with Gasteiger partial charge in [-0.1, -0.05) is 12.1 Å². The van der Waals surface area contributed by atoms with Gasteiger partial charge in [-0.05, 0) is 38.0 Å². The van der Waals surface area contributed by atoms with Crippen molar-refractivity contribution in [3.05, 3.63) is 45.9 Å². The van der Waals surface area contributed by atoms with Crippen LogP contribution in [0.1, 0.15) is 28.0 Å². The first-order chi connectivity index (χ1) is 11.5. The average Bonchev–Trinajstić information content (AvgIpc) is 2.99. The second-order valence-corrected chi connectivity index (χ2v) is 6.40. The first kappa shape index (κ1) is 17.9. The highest BCUT2D eigenvalue weighted by Gasteiger charge is 2.18. The minimum atomic E-state index is -0.480. The van der Waals surface area contributed by atoms with Crippen molar-refractivity contribution in [1.82, 2.24) is 10.3 Å². The maximum atomic E-state index is 12.0. The Balaban J connectivity index is 1.94. The second kappa shape index (κ2) is 8.44. The van der Waals surface area contributed by atoms with E-state index in [0.717, 1.165) is 16.3 Å². The Bertz CT molecular complexity index is 697. The zero-order valence-corrected chi connectivity index (χ0v) is 14.6. The van der Waals surface area contributed by atoms with Crippen LogP contribution in [0.2, 0.25) is 0 Å². The largest absolute Gasteiger partial charge is 0.494 e. The van der Waals surface area contributed by atoms with Crippen LogP contribution in [-0.4, -0.2) is 29.9 Å². The number of aryl methyl sites for hydroxylation is 1. The summed E-state index contributed by atoms with van der Waals surface area (Å²) in [6, 6.07) is 7.50. The lowest BCUT2D eigenvalue weighted by molar-refractivity contribution is -0.121. The van der Waals surface area contributed by atoms with E-state index in [0.29, 0.717) is 18.7 Å². The number of nitrogens with zero attached hydrogens (tertiary/aromatic N) is 1. The Morgan fingerprint density at radius 1 is 1.33 bits per heavy atom. The van der Waals surface area contributed by atoms with Crippen LogP contribution in [0.4, 0.5) is 0 Å². The van der Waals surface area contributed by atoms with Crippen molar-refractivity contribution in [2.45, 2.75) is 20.3 Å². The minimum absolute atomic E-state index is 0.179. The third-order valence-corrected chi connectivity index (χ3v) is 4.25. The Morgan fingerprint density at radius 3 is 2.58 bits per heavy atom. The molecule has 2 amide bonds. The summed E-state index contributed by atoms with van der Waals surface area (Å²) in [5, 5.41) is 5.24. The number of rotatable bonds is 8. The van der Waals surface area contributed by atoms with Crippen LogP contribution < -0.4 is 15.8 Å². The molecule has 0 saturated carbocycles. The maximum Gasteiger partial charge on any atom is 0.270 e. The third-order valence-electron chi connectivity index (χ3n) is 3.48. The maximum absolute atomic E-state index is 12.0. The van der Waals surface area contributed by atoms with Crippen molar-refractivity contribution in [1.29, 1.82) is 0 Å². The number of ether oxygens (including phenoxy) is 1. The van der Waals surface area contributed by atoms with Gasteiger partial charge in [-0.3, -0.25) is 9.59 Å². The van der Waals surface area contributed by atoms with Gasteiger partial charge in [0.1, 0.15) is 11.4 Å². The summed E-state index contributed by atoms with van der Waals surface area (Å²) in [7, 11) is 0. The number of carbonyl (C=O) groups is 2. The quantitative estimate of drug-likeness (QED) is 0.763. The minimum Gasteiger partial charge on any atom is -0.494 e. The summed E-state index contributed by atoms with van der Waals surface area (Å²) in [5.41, 5.74) is 6.78. The molecule has 0 unspecified atom stereocenters. The highest BCUT2D eigenvalue weighted by Crippen LogP contribution is 2.15. The summed E-state index contributed by atoms with van der Waals surface area (Å²) in [6.45, 7) is 4.53. The fourth-order valence-corrected chi connectivity index (χ4v) is 2.81. The molecule has 7 heteroatoms. The van der Waals surface area contributed by atoms with Crippen molar-refractivity contribution in [3.8, 4) is 5.75 Å². The van der Waals surface area contributed by atoms with Crippen LogP contribution in [0.5, 0.6) is 5.75 Å². The number of nitrogens with two attached hydrogens (primary N) is 1. The number of hydrogen-bond acceptors (Lipinski definition) is 5. The van der Waals surface area contributed by atoms with Crippen molar-refractivity contribution in [2.75, 3.05) is 13.2 Å². The standard InChI is InChI=1S/C17H21N3O3S/c1-3-23-14-6-4-12(5-7-14)8-13(16(18)21)9-19-17(22)15-10-24-11(2)20-15/h4-7,10,13H,3,8-9H2,1-2H3,(H2,18,21)(H,19,22)/t13-/m0/s1. The van der Waals surface area contributed by atoms with E-state index in [1.54, 1.807) is 5.38 Å². The molecule has 1 aromatic heterocycles. The third kappa shape index (κ3) is 5.06. The van der Waals surface area contributed by atoms with Gasteiger partial charge in [-0.2, -0.15) is 0 Å². The molecule has 2 aromatic rings. The van der Waals surface area contributed by atoms with Gasteiger partial charge in [0.2, 0.25) is 5.91 Å². The summed E-state index contributed by atoms with van der Waals surface area (Å²) in [6.07, 6.45) is 0.456. The van der Waals surface area contributed by atoms with Crippen LogP contribution in [0.25, 0.3) is 0 Å². The van der Waals surface area contributed by atoms with Crippen molar-refractivity contribution in [3.63, 3.8) is 0 Å². The molecule has 3 N–H and O–H groups in total. The number of nitrogens with one attached hydrogen (secondary N) is 1. The molecule has 2 rings (SSSR count). The molecule has 24 heavy (non-hydrogen) atoms. The van der Waals surface area contributed by atoms with E-state index in [9.17, 15) is 9.59 Å². The summed E-state index contributed by atoms with van der Waals surface area (Å²) in [5.74, 6) is -0.438. The molecule has 0 bridgehead atoms. The van der Waals surface area contributed by atoms with Crippen molar-refractivity contribution < 1.29 is 14.3 Å². The van der Waals surface area contributed by atoms with Gasteiger partial charge >= 0.3 is 0 Å². The summed E-state index contributed by atoms with van der Waals surface area (Å²) in [4.78, 5) is 27.8. The van der Waals surface area contributed by atoms with E-state index >= 15 is 0 Å². The fourth-order valence-electron chi connectivity index (χ4n) is 2.22. The lowest BCUT2D eigenvalue weighted by atomic mass is 9.98. The Morgan fingerprint density at radius 2 is 2.04 bits per heavy atom. The number of thiazole rings is 1. The average molecular weight is 347 g/mol. The monoisotopic (exact) mass is 347 g/mol. The molecule has 0 aliphatic rings. The molecular formula is C17H21N3O3S. The Kier molecular flexibility index (Phi) is 6.31. The number of aromatic nitrogens is 1. The second-order valence-electron chi connectivity index (χ2n) is 5.34. The smallest absolute Gasteiger partial charge is 0.270 e. The highest BCUT2D eigenvalue weighted by atomic mass is 32.1. The summed E-state index contributed by atoms with van der Waals surface area (Å²) >= 11 is 1.41. The van der Waals surface area contributed by atoms with E-state index in [2.05, 4.69) is 10.3 Å². The molecule has 0 spiro atoms. The molecule has 1 atom stereocenters. The Hall–Kier alpha value is -2.41. The first-order valence-corrected chi connectivity index (χ1v) is 8.59. The van der Waals surface area contributed by atoms with Crippen LogP contribution in [0, 0.1) is 12.8 Å². The zero-order chi connectivity index (χ0) is 17.5. The van der Waals surface area contributed by atoms with E-state index < -0.39 is 11.8 Å². The van der Waals surface area contributed by atoms with Crippen molar-refractivity contribution >= 4 is 23.2 Å². The topological polar surface area (TPSA) is 94.3 Å². The van der Waals surface area contributed by atoms with E-state index in [-0.39, 0.29) is 12.5 Å². The molecule has 0 aliphatic carbocycles. The van der Waals surface area contributed by atoms with Gasteiger partial charge in [0, 0.05) is 11.9 Å². The van der Waals surface area contributed by atoms with Crippen molar-refractivity contribution in [2.24, 2.45) is 11.7 Å². The van der Waals surface area contributed by atoms with Crippen LogP contribution >= 0.6 is 11.3 Å². The predicted octanol–water partition coefficient (Wildman–Crippen LogP) is 1.92. The molecular weight excluding hydrogens is 326 g/mol. The predicted molar refractivity (Wildman–Crippen MR) is 93.2 cm³/mol. The van der Waals surface area contributed by atoms with Gasteiger partial charge in [0.05, 0.1) is 17.5 Å². The van der Waals surface area contributed by atoms with E-state index in [4.69, 9.17) is 10.5 Å². The van der Waals surface area contributed by atoms with E-state index in [1.165, 1.54) is 11.3 Å². The van der Waals surface area contributed by atoms with Gasteiger partial charge in [0.15, 0.2) is 0 Å². The normalized spacial score (nSPS) is 11.8. The SMILES string of the molecule is CCOc1ccc(C[C@@H](CNC(=O)c2csc(C)n2)C(N)=O)cc1. The van der Waals surface area contributed by atoms with Crippen LogP contribution in [0.3, 0.4) is 0 Å². The van der Waals surface area contributed by atoms with Crippen LogP contribution in [0.15, 0.2) is 29.6 Å². The molecule has 1 aromatic carbocycles.